The second kappa shape index (κ2) is 4.63. The van der Waals surface area contributed by atoms with Crippen LogP contribution in [0.4, 0.5) is 13.2 Å². The van der Waals surface area contributed by atoms with Crippen LogP contribution >= 0.6 is 12.4 Å². The van der Waals surface area contributed by atoms with E-state index in [9.17, 15) is 13.2 Å². The second-order valence-electron chi connectivity index (χ2n) is 3.95. The molecular formula is C11H13ClF3N. The molecule has 0 aromatic heterocycles. The van der Waals surface area contributed by atoms with E-state index in [1.54, 1.807) is 6.07 Å². The summed E-state index contributed by atoms with van der Waals surface area (Å²) in [4.78, 5) is 0. The Morgan fingerprint density at radius 3 is 2.25 bits per heavy atom. The van der Waals surface area contributed by atoms with E-state index in [-0.39, 0.29) is 23.9 Å². The number of halogens is 4. The third-order valence-electron chi connectivity index (χ3n) is 2.76. The summed E-state index contributed by atoms with van der Waals surface area (Å²) in [6, 6.07) is 5.10. The summed E-state index contributed by atoms with van der Waals surface area (Å²) >= 11 is 0. The Hall–Kier alpha value is -0.740. The zero-order valence-corrected chi connectivity index (χ0v) is 9.31. The van der Waals surface area contributed by atoms with Crippen molar-refractivity contribution >= 4 is 12.4 Å². The summed E-state index contributed by atoms with van der Waals surface area (Å²) < 4.78 is 37.9. The molecule has 16 heavy (non-hydrogen) atoms. The lowest BCUT2D eigenvalue weighted by molar-refractivity contribution is -0.138. The van der Waals surface area contributed by atoms with Crippen LogP contribution in [0.2, 0.25) is 0 Å². The normalized spacial score (nSPS) is 17.8. The first-order chi connectivity index (χ1) is 7.00. The van der Waals surface area contributed by atoms with Gasteiger partial charge in [0.2, 0.25) is 0 Å². The van der Waals surface area contributed by atoms with Gasteiger partial charge in [-0.25, -0.2) is 0 Å². The first kappa shape index (κ1) is 13.3. The lowest BCUT2D eigenvalue weighted by atomic mass is 9.97. The molecule has 1 aliphatic rings. The lowest BCUT2D eigenvalue weighted by Gasteiger charge is -2.17. The van der Waals surface area contributed by atoms with Crippen LogP contribution in [-0.4, -0.2) is 0 Å². The van der Waals surface area contributed by atoms with E-state index in [1.807, 2.05) is 0 Å². The van der Waals surface area contributed by atoms with Crippen LogP contribution in [0, 0.1) is 5.92 Å². The summed E-state index contributed by atoms with van der Waals surface area (Å²) in [5.74, 6) is 0.230. The molecular weight excluding hydrogens is 239 g/mol. The average molecular weight is 252 g/mol. The summed E-state index contributed by atoms with van der Waals surface area (Å²) in [5.41, 5.74) is 5.43. The Balaban J connectivity index is 0.00000128. The van der Waals surface area contributed by atoms with Crippen LogP contribution in [0.15, 0.2) is 24.3 Å². The van der Waals surface area contributed by atoms with Crippen molar-refractivity contribution in [2.24, 2.45) is 11.7 Å². The molecule has 0 radical (unpaired) electrons. The molecule has 2 N–H and O–H groups in total. The number of rotatable bonds is 2. The number of nitrogens with two attached hydrogens (primary N) is 1. The van der Waals surface area contributed by atoms with Crippen molar-refractivity contribution in [3.05, 3.63) is 35.4 Å². The molecule has 1 aromatic rings. The van der Waals surface area contributed by atoms with Gasteiger partial charge < -0.3 is 5.73 Å². The van der Waals surface area contributed by atoms with Crippen molar-refractivity contribution < 1.29 is 13.2 Å². The molecule has 0 amide bonds. The molecule has 0 aliphatic heterocycles. The zero-order chi connectivity index (χ0) is 11.1. The van der Waals surface area contributed by atoms with Crippen LogP contribution in [-0.2, 0) is 6.18 Å². The lowest BCUT2D eigenvalue weighted by Crippen LogP contribution is -2.18. The van der Waals surface area contributed by atoms with Gasteiger partial charge in [-0.3, -0.25) is 0 Å². The van der Waals surface area contributed by atoms with Gasteiger partial charge in [-0.2, -0.15) is 13.2 Å². The fourth-order valence-corrected chi connectivity index (χ4v) is 1.76. The zero-order valence-electron chi connectivity index (χ0n) is 8.50. The molecule has 1 aromatic carbocycles. The smallest absolute Gasteiger partial charge is 0.324 e. The molecule has 5 heteroatoms. The molecule has 1 atom stereocenters. The van der Waals surface area contributed by atoms with Crippen LogP contribution < -0.4 is 5.73 Å². The van der Waals surface area contributed by atoms with E-state index in [0.717, 1.165) is 18.9 Å². The van der Waals surface area contributed by atoms with Crippen LogP contribution in [0.1, 0.15) is 30.0 Å². The second-order valence-corrected chi connectivity index (χ2v) is 3.95. The molecule has 1 aliphatic carbocycles. The Kier molecular flexibility index (Phi) is 3.86. The monoisotopic (exact) mass is 251 g/mol. The van der Waals surface area contributed by atoms with Crippen LogP contribution in [0.3, 0.4) is 0 Å². The number of alkyl halides is 3. The van der Waals surface area contributed by atoms with E-state index in [1.165, 1.54) is 12.1 Å². The quantitative estimate of drug-likeness (QED) is 0.855. The minimum Gasteiger partial charge on any atom is -0.324 e. The van der Waals surface area contributed by atoms with Gasteiger partial charge in [-0.05, 0) is 30.4 Å². The molecule has 0 spiro atoms. The third-order valence-corrected chi connectivity index (χ3v) is 2.76. The fourth-order valence-electron chi connectivity index (χ4n) is 1.76. The maximum Gasteiger partial charge on any atom is 0.416 e. The molecule has 1 saturated carbocycles. The standard InChI is InChI=1S/C11H12F3N.ClH/c12-11(13,14)9-4-2-1-3-8(9)10(15)7-5-6-7;/h1-4,7,10H,5-6,15H2;1H/t10-;/m0./s1. The third kappa shape index (κ3) is 2.68. The first-order valence-electron chi connectivity index (χ1n) is 4.92. The van der Waals surface area contributed by atoms with E-state index >= 15 is 0 Å². The van der Waals surface area contributed by atoms with Gasteiger partial charge >= 0.3 is 6.18 Å². The molecule has 0 unspecified atom stereocenters. The Labute approximate surface area is 98.2 Å². The average Bonchev–Trinajstić information content (AvgIpc) is 2.98. The molecule has 0 bridgehead atoms. The van der Waals surface area contributed by atoms with Crippen LogP contribution in [0.25, 0.3) is 0 Å². The van der Waals surface area contributed by atoms with Gasteiger partial charge in [0.1, 0.15) is 0 Å². The first-order valence-corrected chi connectivity index (χ1v) is 4.92. The molecule has 1 fully saturated rings. The maximum absolute atomic E-state index is 12.6. The molecule has 0 heterocycles. The van der Waals surface area contributed by atoms with Gasteiger partial charge in [-0.1, -0.05) is 18.2 Å². The van der Waals surface area contributed by atoms with E-state index in [2.05, 4.69) is 0 Å². The van der Waals surface area contributed by atoms with Crippen molar-refractivity contribution in [3.63, 3.8) is 0 Å². The van der Waals surface area contributed by atoms with Gasteiger partial charge in [0.05, 0.1) is 5.56 Å². The highest BCUT2D eigenvalue weighted by Gasteiger charge is 2.38. The summed E-state index contributed by atoms with van der Waals surface area (Å²) in [6.07, 6.45) is -2.43. The number of benzene rings is 1. The predicted molar refractivity (Wildman–Crippen MR) is 58.3 cm³/mol. The topological polar surface area (TPSA) is 26.0 Å². The molecule has 90 valence electrons. The van der Waals surface area contributed by atoms with E-state index in [4.69, 9.17) is 5.73 Å². The van der Waals surface area contributed by atoms with Crippen molar-refractivity contribution in [1.29, 1.82) is 0 Å². The van der Waals surface area contributed by atoms with Gasteiger partial charge in [0, 0.05) is 6.04 Å². The maximum atomic E-state index is 12.6. The van der Waals surface area contributed by atoms with Crippen molar-refractivity contribution in [2.45, 2.75) is 25.1 Å². The fraction of sp³-hybridized carbons (Fsp3) is 0.455. The Morgan fingerprint density at radius 2 is 1.75 bits per heavy atom. The largest absolute Gasteiger partial charge is 0.416 e. The summed E-state index contributed by atoms with van der Waals surface area (Å²) in [5, 5.41) is 0. The van der Waals surface area contributed by atoms with Gasteiger partial charge in [0.25, 0.3) is 0 Å². The molecule has 2 rings (SSSR count). The minimum atomic E-state index is -4.30. The Bertz CT molecular complexity index is 360. The van der Waals surface area contributed by atoms with Crippen molar-refractivity contribution in [1.82, 2.24) is 0 Å². The highest BCUT2D eigenvalue weighted by atomic mass is 35.5. The number of hydrogen-bond acceptors (Lipinski definition) is 1. The number of hydrogen-bond donors (Lipinski definition) is 1. The van der Waals surface area contributed by atoms with Gasteiger partial charge in [-0.15, -0.1) is 12.4 Å². The highest BCUT2D eigenvalue weighted by Crippen LogP contribution is 2.43. The molecule has 0 saturated heterocycles. The van der Waals surface area contributed by atoms with Gasteiger partial charge in [0.15, 0.2) is 0 Å². The van der Waals surface area contributed by atoms with Crippen molar-refractivity contribution in [3.8, 4) is 0 Å². The minimum absolute atomic E-state index is 0. The van der Waals surface area contributed by atoms with E-state index < -0.39 is 17.8 Å². The summed E-state index contributed by atoms with van der Waals surface area (Å²) in [7, 11) is 0. The van der Waals surface area contributed by atoms with Crippen molar-refractivity contribution in [2.75, 3.05) is 0 Å². The molecule has 1 nitrogen and oxygen atoms in total. The summed E-state index contributed by atoms with van der Waals surface area (Å²) in [6.45, 7) is 0. The van der Waals surface area contributed by atoms with Crippen LogP contribution in [0.5, 0.6) is 0 Å². The predicted octanol–water partition coefficient (Wildman–Crippen LogP) is 3.54. The Morgan fingerprint density at radius 1 is 1.19 bits per heavy atom. The highest BCUT2D eigenvalue weighted by molar-refractivity contribution is 5.85. The SMILES string of the molecule is Cl.N[C@H](c1ccccc1C(F)(F)F)C1CC1. The van der Waals surface area contributed by atoms with E-state index in [0.29, 0.717) is 0 Å².